The molecule has 4 aromatic rings. The third kappa shape index (κ3) is 4.50. The second kappa shape index (κ2) is 8.52. The van der Waals surface area contributed by atoms with Crippen molar-refractivity contribution < 1.29 is 4.79 Å². The maximum absolute atomic E-state index is 12.7. The van der Waals surface area contributed by atoms with Gasteiger partial charge in [-0.1, -0.05) is 65.7 Å². The summed E-state index contributed by atoms with van der Waals surface area (Å²) in [5.41, 5.74) is 6.05. The first-order chi connectivity index (χ1) is 14.1. The summed E-state index contributed by atoms with van der Waals surface area (Å²) in [4.78, 5) is 12.7. The molecule has 1 N–H and O–H groups in total. The third-order valence-electron chi connectivity index (χ3n) is 4.53. The monoisotopic (exact) mass is 421 g/mol. The highest BCUT2D eigenvalue weighted by Gasteiger charge is 2.14. The van der Waals surface area contributed by atoms with Crippen LogP contribution in [0.15, 0.2) is 84.1 Å². The number of hydrogen-bond donors (Lipinski definition) is 1. The number of hydrazone groups is 1. The number of aromatic nitrogens is 1. The molecule has 0 bridgehead atoms. The number of carbonyl (C=O) groups is 1. The van der Waals surface area contributed by atoms with E-state index in [1.54, 1.807) is 18.3 Å². The van der Waals surface area contributed by atoms with Crippen LogP contribution in [0.3, 0.4) is 0 Å². The third-order valence-corrected chi connectivity index (χ3v) is 5.01. The number of carbonyl (C=O) groups excluding carboxylic acids is 1. The summed E-state index contributed by atoms with van der Waals surface area (Å²) in [6.45, 7) is 0.636. The van der Waals surface area contributed by atoms with Crippen molar-refractivity contribution in [2.45, 2.75) is 6.54 Å². The Balaban J connectivity index is 1.58. The van der Waals surface area contributed by atoms with Crippen LogP contribution in [0.5, 0.6) is 0 Å². The molecule has 0 atom stereocenters. The van der Waals surface area contributed by atoms with Crippen LogP contribution in [-0.2, 0) is 6.54 Å². The van der Waals surface area contributed by atoms with E-state index in [1.807, 2.05) is 71.4 Å². The van der Waals surface area contributed by atoms with Crippen molar-refractivity contribution in [3.05, 3.63) is 106 Å². The van der Waals surface area contributed by atoms with Crippen LogP contribution in [-0.4, -0.2) is 16.7 Å². The number of rotatable bonds is 5. The van der Waals surface area contributed by atoms with Gasteiger partial charge in [-0.2, -0.15) is 5.10 Å². The van der Waals surface area contributed by atoms with Crippen molar-refractivity contribution in [1.29, 1.82) is 0 Å². The molecule has 0 radical (unpaired) electrons. The summed E-state index contributed by atoms with van der Waals surface area (Å²) >= 11 is 11.9. The minimum Gasteiger partial charge on any atom is -0.342 e. The van der Waals surface area contributed by atoms with E-state index < -0.39 is 0 Å². The fourth-order valence-corrected chi connectivity index (χ4v) is 3.48. The lowest BCUT2D eigenvalue weighted by Gasteiger charge is -2.05. The molecule has 0 aliphatic carbocycles. The molecule has 0 spiro atoms. The number of para-hydroxylation sites is 1. The highest BCUT2D eigenvalue weighted by Crippen LogP contribution is 2.23. The number of benzene rings is 3. The van der Waals surface area contributed by atoms with Crippen LogP contribution in [0.1, 0.15) is 21.5 Å². The van der Waals surface area contributed by atoms with E-state index in [-0.39, 0.29) is 5.91 Å². The fourth-order valence-electron chi connectivity index (χ4n) is 3.16. The Hall–Kier alpha value is -3.08. The van der Waals surface area contributed by atoms with Gasteiger partial charge < -0.3 is 4.57 Å². The Morgan fingerprint density at radius 3 is 2.55 bits per heavy atom. The molecule has 0 unspecified atom stereocenters. The lowest BCUT2D eigenvalue weighted by Crippen LogP contribution is -2.17. The predicted octanol–water partition coefficient (Wildman–Crippen LogP) is 5.76. The minimum atomic E-state index is -0.269. The normalized spacial score (nSPS) is 11.2. The van der Waals surface area contributed by atoms with Crippen molar-refractivity contribution in [2.24, 2.45) is 5.10 Å². The molecule has 1 amide bonds. The van der Waals surface area contributed by atoms with Gasteiger partial charge in [-0.25, -0.2) is 5.43 Å². The molecular weight excluding hydrogens is 405 g/mol. The molecule has 3 aromatic carbocycles. The molecule has 0 saturated heterocycles. The lowest BCUT2D eigenvalue weighted by atomic mass is 10.1. The number of fused-ring (bicyclic) bond motifs is 1. The van der Waals surface area contributed by atoms with Gasteiger partial charge >= 0.3 is 0 Å². The zero-order valence-electron chi connectivity index (χ0n) is 15.3. The topological polar surface area (TPSA) is 46.4 Å². The van der Waals surface area contributed by atoms with Gasteiger partial charge in [-0.15, -0.1) is 0 Å². The summed E-state index contributed by atoms with van der Waals surface area (Å²) in [5.74, 6) is -0.269. The summed E-state index contributed by atoms with van der Waals surface area (Å²) < 4.78 is 2.05. The quantitative estimate of drug-likeness (QED) is 0.323. The summed E-state index contributed by atoms with van der Waals surface area (Å²) in [7, 11) is 0. The number of nitrogens with zero attached hydrogens (tertiary/aromatic N) is 2. The first kappa shape index (κ1) is 19.2. The summed E-state index contributed by atoms with van der Waals surface area (Å²) in [6, 6.07) is 22.7. The molecule has 4 rings (SSSR count). The predicted molar refractivity (Wildman–Crippen MR) is 119 cm³/mol. The van der Waals surface area contributed by atoms with Crippen molar-refractivity contribution in [2.75, 3.05) is 0 Å². The van der Waals surface area contributed by atoms with Crippen LogP contribution in [0, 0.1) is 0 Å². The highest BCUT2D eigenvalue weighted by molar-refractivity contribution is 6.31. The Morgan fingerprint density at radius 2 is 1.76 bits per heavy atom. The van der Waals surface area contributed by atoms with Crippen LogP contribution in [0.4, 0.5) is 0 Å². The highest BCUT2D eigenvalue weighted by atomic mass is 35.5. The summed E-state index contributed by atoms with van der Waals surface area (Å²) in [5, 5.41) is 6.25. The second-order valence-electron chi connectivity index (χ2n) is 6.57. The molecule has 0 fully saturated rings. The minimum absolute atomic E-state index is 0.269. The van der Waals surface area contributed by atoms with E-state index in [0.29, 0.717) is 22.2 Å². The second-order valence-corrected chi connectivity index (χ2v) is 7.44. The largest absolute Gasteiger partial charge is 0.342 e. The van der Waals surface area contributed by atoms with E-state index in [4.69, 9.17) is 23.2 Å². The van der Waals surface area contributed by atoms with Gasteiger partial charge in [0.15, 0.2) is 0 Å². The van der Waals surface area contributed by atoms with Crippen LogP contribution >= 0.6 is 23.2 Å². The average Bonchev–Trinajstić information content (AvgIpc) is 3.08. The van der Waals surface area contributed by atoms with Gasteiger partial charge in [0.1, 0.15) is 0 Å². The first-order valence-corrected chi connectivity index (χ1v) is 9.77. The van der Waals surface area contributed by atoms with Crippen molar-refractivity contribution in [3.8, 4) is 0 Å². The summed E-state index contributed by atoms with van der Waals surface area (Å²) in [6.07, 6.45) is 3.42. The Morgan fingerprint density at radius 1 is 0.966 bits per heavy atom. The zero-order chi connectivity index (χ0) is 20.2. The smallest absolute Gasteiger partial charge is 0.273 e. The van der Waals surface area contributed by atoms with Crippen LogP contribution in [0.25, 0.3) is 10.9 Å². The maximum Gasteiger partial charge on any atom is 0.273 e. The van der Waals surface area contributed by atoms with Crippen LogP contribution in [0.2, 0.25) is 10.0 Å². The van der Waals surface area contributed by atoms with Gasteiger partial charge in [0.05, 0.1) is 11.8 Å². The van der Waals surface area contributed by atoms with E-state index in [0.717, 1.165) is 22.0 Å². The van der Waals surface area contributed by atoms with Gasteiger partial charge in [0.2, 0.25) is 0 Å². The van der Waals surface area contributed by atoms with Gasteiger partial charge in [0.25, 0.3) is 5.91 Å². The Labute approximate surface area is 178 Å². The first-order valence-electron chi connectivity index (χ1n) is 9.01. The van der Waals surface area contributed by atoms with Crippen molar-refractivity contribution in [3.63, 3.8) is 0 Å². The fraction of sp³-hybridized carbons (Fsp3) is 0.0435. The van der Waals surface area contributed by atoms with Crippen LogP contribution < -0.4 is 5.43 Å². The SMILES string of the molecule is O=C(N/N=C/c1cccc(Cl)c1)c1cn(Cc2ccc(Cl)cc2)c2ccccc12. The molecule has 1 aromatic heterocycles. The van der Waals surface area contributed by atoms with Crippen molar-refractivity contribution >= 4 is 46.2 Å². The van der Waals surface area contributed by atoms with Crippen molar-refractivity contribution in [1.82, 2.24) is 9.99 Å². The van der Waals surface area contributed by atoms with Gasteiger partial charge in [0, 0.05) is 33.7 Å². The maximum atomic E-state index is 12.7. The molecule has 4 nitrogen and oxygen atoms in total. The standard InChI is InChI=1S/C23H17Cl2N3O/c24-18-10-8-16(9-11-18)14-28-15-21(20-6-1-2-7-22(20)28)23(29)27-26-13-17-4-3-5-19(25)12-17/h1-13,15H,14H2,(H,27,29)/b26-13+. The van der Waals surface area contributed by atoms with E-state index in [2.05, 4.69) is 10.5 Å². The van der Waals surface area contributed by atoms with E-state index in [9.17, 15) is 4.79 Å². The van der Waals surface area contributed by atoms with E-state index in [1.165, 1.54) is 0 Å². The number of hydrogen-bond acceptors (Lipinski definition) is 2. The molecule has 29 heavy (non-hydrogen) atoms. The Kier molecular flexibility index (Phi) is 5.65. The molecule has 0 aliphatic heterocycles. The molecule has 144 valence electrons. The Bertz CT molecular complexity index is 1200. The average molecular weight is 422 g/mol. The number of nitrogens with one attached hydrogen (secondary N) is 1. The molecule has 0 saturated carbocycles. The molecule has 1 heterocycles. The number of amides is 1. The molecular formula is C23H17Cl2N3O. The molecule has 0 aliphatic rings. The van der Waals surface area contributed by atoms with Gasteiger partial charge in [-0.05, 0) is 41.5 Å². The van der Waals surface area contributed by atoms with E-state index >= 15 is 0 Å². The number of halogens is 2. The van der Waals surface area contributed by atoms with Gasteiger partial charge in [-0.3, -0.25) is 4.79 Å². The zero-order valence-corrected chi connectivity index (χ0v) is 16.9. The lowest BCUT2D eigenvalue weighted by molar-refractivity contribution is 0.0956. The molecule has 6 heteroatoms.